The van der Waals surface area contributed by atoms with Gasteiger partial charge in [-0.2, -0.15) is 0 Å². The lowest BCUT2D eigenvalue weighted by atomic mass is 10.2. The van der Waals surface area contributed by atoms with E-state index >= 15 is 0 Å². The van der Waals surface area contributed by atoms with Gasteiger partial charge in [-0.05, 0) is 44.1 Å². The van der Waals surface area contributed by atoms with Gasteiger partial charge >= 0.3 is 0 Å². The first kappa shape index (κ1) is 10.6. The standard InChI is InChI=1S/C12H19N3/c1-13-12-5-9-15(10-12)8-4-11-2-6-14-7-3-11/h2-3,6-7,12-13H,4-5,8-10H2,1H3. The van der Waals surface area contributed by atoms with Crippen LogP contribution in [-0.4, -0.2) is 42.6 Å². The molecule has 0 bridgehead atoms. The fourth-order valence-corrected chi connectivity index (χ4v) is 2.11. The van der Waals surface area contributed by atoms with Crippen LogP contribution < -0.4 is 5.32 Å². The molecule has 1 fully saturated rings. The minimum absolute atomic E-state index is 0.697. The van der Waals surface area contributed by atoms with Gasteiger partial charge in [0, 0.05) is 31.5 Å². The highest BCUT2D eigenvalue weighted by Gasteiger charge is 2.19. The number of likely N-dealkylation sites (tertiary alicyclic amines) is 1. The van der Waals surface area contributed by atoms with E-state index in [0.717, 1.165) is 6.42 Å². The summed E-state index contributed by atoms with van der Waals surface area (Å²) in [4.78, 5) is 6.56. The second-order valence-electron chi connectivity index (χ2n) is 4.18. The normalized spacial score (nSPS) is 22.1. The number of aromatic nitrogens is 1. The third-order valence-electron chi connectivity index (χ3n) is 3.15. The Bertz CT molecular complexity index is 286. The van der Waals surface area contributed by atoms with Crippen molar-refractivity contribution in [1.29, 1.82) is 0 Å². The molecule has 1 N–H and O–H groups in total. The van der Waals surface area contributed by atoms with Gasteiger partial charge in [0.2, 0.25) is 0 Å². The highest BCUT2D eigenvalue weighted by molar-refractivity contribution is 5.10. The van der Waals surface area contributed by atoms with E-state index < -0.39 is 0 Å². The molecule has 0 aromatic carbocycles. The monoisotopic (exact) mass is 205 g/mol. The van der Waals surface area contributed by atoms with E-state index in [-0.39, 0.29) is 0 Å². The summed E-state index contributed by atoms with van der Waals surface area (Å²) in [7, 11) is 2.05. The lowest BCUT2D eigenvalue weighted by Gasteiger charge is -2.15. The van der Waals surface area contributed by atoms with Crippen molar-refractivity contribution in [3.8, 4) is 0 Å². The van der Waals surface area contributed by atoms with Crippen molar-refractivity contribution in [2.24, 2.45) is 0 Å². The van der Waals surface area contributed by atoms with Crippen molar-refractivity contribution in [3.63, 3.8) is 0 Å². The lowest BCUT2D eigenvalue weighted by molar-refractivity contribution is 0.334. The first-order chi connectivity index (χ1) is 7.38. The van der Waals surface area contributed by atoms with Crippen LogP contribution in [-0.2, 0) is 6.42 Å². The van der Waals surface area contributed by atoms with E-state index in [1.54, 1.807) is 0 Å². The molecule has 3 nitrogen and oxygen atoms in total. The molecule has 0 radical (unpaired) electrons. The second-order valence-corrected chi connectivity index (χ2v) is 4.18. The zero-order valence-corrected chi connectivity index (χ0v) is 9.32. The van der Waals surface area contributed by atoms with E-state index in [2.05, 4.69) is 34.4 Å². The molecule has 82 valence electrons. The van der Waals surface area contributed by atoms with Crippen LogP contribution in [0.2, 0.25) is 0 Å². The maximum Gasteiger partial charge on any atom is 0.0270 e. The Morgan fingerprint density at radius 3 is 2.93 bits per heavy atom. The van der Waals surface area contributed by atoms with Crippen molar-refractivity contribution in [2.75, 3.05) is 26.7 Å². The van der Waals surface area contributed by atoms with Gasteiger partial charge in [-0.3, -0.25) is 4.98 Å². The van der Waals surface area contributed by atoms with Crippen LogP contribution in [0.5, 0.6) is 0 Å². The summed E-state index contributed by atoms with van der Waals surface area (Å²) in [6.07, 6.45) is 6.16. The van der Waals surface area contributed by atoms with E-state index in [1.165, 1.54) is 31.6 Å². The van der Waals surface area contributed by atoms with Gasteiger partial charge in [-0.25, -0.2) is 0 Å². The molecular weight excluding hydrogens is 186 g/mol. The van der Waals surface area contributed by atoms with Crippen molar-refractivity contribution in [1.82, 2.24) is 15.2 Å². The van der Waals surface area contributed by atoms with Crippen LogP contribution in [0, 0.1) is 0 Å². The summed E-state index contributed by atoms with van der Waals surface area (Å²) >= 11 is 0. The average Bonchev–Trinajstić information content (AvgIpc) is 2.76. The van der Waals surface area contributed by atoms with Crippen LogP contribution >= 0.6 is 0 Å². The topological polar surface area (TPSA) is 28.2 Å². The Balaban J connectivity index is 1.75. The molecule has 1 aliphatic heterocycles. The first-order valence-electron chi connectivity index (χ1n) is 5.67. The van der Waals surface area contributed by atoms with Crippen LogP contribution in [0.25, 0.3) is 0 Å². The fourth-order valence-electron chi connectivity index (χ4n) is 2.11. The summed E-state index contributed by atoms with van der Waals surface area (Å²) in [6, 6.07) is 4.90. The van der Waals surface area contributed by atoms with Gasteiger partial charge in [0.1, 0.15) is 0 Å². The zero-order valence-electron chi connectivity index (χ0n) is 9.32. The zero-order chi connectivity index (χ0) is 10.5. The second kappa shape index (κ2) is 5.24. The molecule has 2 heterocycles. The largest absolute Gasteiger partial charge is 0.316 e. The van der Waals surface area contributed by atoms with E-state index in [0.29, 0.717) is 6.04 Å². The highest BCUT2D eigenvalue weighted by atomic mass is 15.2. The Hall–Kier alpha value is -0.930. The molecule has 0 saturated carbocycles. The molecule has 1 aliphatic rings. The Kier molecular flexibility index (Phi) is 3.69. The summed E-state index contributed by atoms with van der Waals surface area (Å²) in [6.45, 7) is 3.60. The van der Waals surface area contributed by atoms with Crippen molar-refractivity contribution in [3.05, 3.63) is 30.1 Å². The molecule has 1 saturated heterocycles. The number of nitrogens with one attached hydrogen (secondary N) is 1. The number of nitrogens with zero attached hydrogens (tertiary/aromatic N) is 2. The van der Waals surface area contributed by atoms with Crippen molar-refractivity contribution < 1.29 is 0 Å². The van der Waals surface area contributed by atoms with Gasteiger partial charge in [0.25, 0.3) is 0 Å². The van der Waals surface area contributed by atoms with Crippen LogP contribution in [0.3, 0.4) is 0 Å². The lowest BCUT2D eigenvalue weighted by Crippen LogP contribution is -2.30. The number of rotatable bonds is 4. The fraction of sp³-hybridized carbons (Fsp3) is 0.583. The molecule has 15 heavy (non-hydrogen) atoms. The third kappa shape index (κ3) is 3.01. The predicted molar refractivity (Wildman–Crippen MR) is 61.8 cm³/mol. The maximum atomic E-state index is 4.03. The summed E-state index contributed by atoms with van der Waals surface area (Å²) in [5, 5.41) is 3.34. The van der Waals surface area contributed by atoms with E-state index in [4.69, 9.17) is 0 Å². The molecule has 0 aliphatic carbocycles. The molecule has 3 heteroatoms. The van der Waals surface area contributed by atoms with E-state index in [1.807, 2.05) is 12.4 Å². The molecule has 2 rings (SSSR count). The molecule has 1 atom stereocenters. The molecule has 1 aromatic heterocycles. The summed E-state index contributed by atoms with van der Waals surface area (Å²) in [5.41, 5.74) is 1.39. The number of hydrogen-bond acceptors (Lipinski definition) is 3. The smallest absolute Gasteiger partial charge is 0.0270 e. The minimum atomic E-state index is 0.697. The van der Waals surface area contributed by atoms with Crippen LogP contribution in [0.15, 0.2) is 24.5 Å². The average molecular weight is 205 g/mol. The van der Waals surface area contributed by atoms with Gasteiger partial charge < -0.3 is 10.2 Å². The van der Waals surface area contributed by atoms with Gasteiger partial charge in [-0.1, -0.05) is 0 Å². The minimum Gasteiger partial charge on any atom is -0.316 e. The Morgan fingerprint density at radius 2 is 2.27 bits per heavy atom. The highest BCUT2D eigenvalue weighted by Crippen LogP contribution is 2.09. The SMILES string of the molecule is CNC1CCN(CCc2ccncc2)C1. The molecule has 0 amide bonds. The molecule has 1 aromatic rings. The number of likely N-dealkylation sites (N-methyl/N-ethyl adjacent to an activating group) is 1. The molecule has 0 spiro atoms. The van der Waals surface area contributed by atoms with E-state index in [9.17, 15) is 0 Å². The molecule has 1 unspecified atom stereocenters. The summed E-state index contributed by atoms with van der Waals surface area (Å²) < 4.78 is 0. The Morgan fingerprint density at radius 1 is 1.47 bits per heavy atom. The predicted octanol–water partition coefficient (Wildman–Crippen LogP) is 0.918. The quantitative estimate of drug-likeness (QED) is 0.792. The number of hydrogen-bond donors (Lipinski definition) is 1. The summed E-state index contributed by atoms with van der Waals surface area (Å²) in [5.74, 6) is 0. The van der Waals surface area contributed by atoms with Gasteiger partial charge in [0.15, 0.2) is 0 Å². The third-order valence-corrected chi connectivity index (χ3v) is 3.15. The van der Waals surface area contributed by atoms with Crippen molar-refractivity contribution in [2.45, 2.75) is 18.9 Å². The number of pyridine rings is 1. The van der Waals surface area contributed by atoms with Gasteiger partial charge in [0.05, 0.1) is 0 Å². The maximum absolute atomic E-state index is 4.03. The Labute approximate surface area is 91.5 Å². The van der Waals surface area contributed by atoms with Crippen molar-refractivity contribution >= 4 is 0 Å². The van der Waals surface area contributed by atoms with Crippen LogP contribution in [0.4, 0.5) is 0 Å². The first-order valence-corrected chi connectivity index (χ1v) is 5.67. The van der Waals surface area contributed by atoms with Crippen LogP contribution in [0.1, 0.15) is 12.0 Å². The van der Waals surface area contributed by atoms with Gasteiger partial charge in [-0.15, -0.1) is 0 Å². The molecular formula is C12H19N3.